The van der Waals surface area contributed by atoms with Gasteiger partial charge in [-0.3, -0.25) is 4.40 Å². The zero-order valence-electron chi connectivity index (χ0n) is 7.29. The molecule has 0 atom stereocenters. The minimum Gasteiger partial charge on any atom is -0.325 e. The largest absolute Gasteiger partial charge is 0.325 e. The number of imidazole rings is 1. The van der Waals surface area contributed by atoms with Crippen LogP contribution in [0.15, 0.2) is 22.8 Å². The van der Waals surface area contributed by atoms with E-state index in [1.165, 1.54) is 0 Å². The Balaban J connectivity index is 2.88. The van der Waals surface area contributed by atoms with E-state index in [2.05, 4.69) is 20.9 Å². The van der Waals surface area contributed by atoms with Crippen LogP contribution in [0.5, 0.6) is 0 Å². The summed E-state index contributed by atoms with van der Waals surface area (Å²) < 4.78 is 3.01. The highest BCUT2D eigenvalue weighted by Gasteiger charge is 2.07. The zero-order chi connectivity index (χ0) is 9.42. The molecule has 2 aromatic heterocycles. The fourth-order valence-electron chi connectivity index (χ4n) is 1.46. The van der Waals surface area contributed by atoms with Gasteiger partial charge in [0.25, 0.3) is 0 Å². The van der Waals surface area contributed by atoms with E-state index < -0.39 is 0 Å². The summed E-state index contributed by atoms with van der Waals surface area (Å²) >= 11 is 3.47. The fourth-order valence-corrected chi connectivity index (χ4v) is 2.01. The van der Waals surface area contributed by atoms with E-state index >= 15 is 0 Å². The lowest BCUT2D eigenvalue weighted by Gasteiger charge is -2.01. The van der Waals surface area contributed by atoms with Gasteiger partial charge in [-0.15, -0.1) is 0 Å². The van der Waals surface area contributed by atoms with Crippen molar-refractivity contribution in [2.24, 2.45) is 5.73 Å². The molecule has 0 saturated heterocycles. The summed E-state index contributed by atoms with van der Waals surface area (Å²) in [6.45, 7) is 2.48. The summed E-state index contributed by atoms with van der Waals surface area (Å²) in [6.07, 6.45) is 0. The first-order valence-electron chi connectivity index (χ1n) is 4.06. The number of hydrogen-bond donors (Lipinski definition) is 1. The van der Waals surface area contributed by atoms with Crippen LogP contribution in [-0.2, 0) is 6.54 Å². The van der Waals surface area contributed by atoms with Crippen molar-refractivity contribution in [2.75, 3.05) is 0 Å². The second-order valence-corrected chi connectivity index (χ2v) is 3.70. The maximum Gasteiger partial charge on any atom is 0.138 e. The predicted molar refractivity (Wildman–Crippen MR) is 55.5 cm³/mol. The molecule has 0 aliphatic rings. The number of nitrogens with two attached hydrogens (primary N) is 1. The van der Waals surface area contributed by atoms with Crippen molar-refractivity contribution >= 4 is 21.6 Å². The normalized spacial score (nSPS) is 11.0. The summed E-state index contributed by atoms with van der Waals surface area (Å²) in [6, 6.07) is 5.91. The van der Waals surface area contributed by atoms with E-state index in [4.69, 9.17) is 5.73 Å². The third-order valence-corrected chi connectivity index (χ3v) is 2.70. The number of hydrogen-bond acceptors (Lipinski definition) is 2. The molecule has 0 fully saturated rings. The lowest BCUT2D eigenvalue weighted by Crippen LogP contribution is -2.03. The third-order valence-electron chi connectivity index (χ3n) is 2.08. The van der Waals surface area contributed by atoms with Gasteiger partial charge in [0.05, 0.1) is 16.0 Å². The Hall–Kier alpha value is -0.870. The molecule has 0 bridgehead atoms. The Bertz CT molecular complexity index is 447. The van der Waals surface area contributed by atoms with Gasteiger partial charge in [-0.1, -0.05) is 6.07 Å². The quantitative estimate of drug-likeness (QED) is 0.773. The van der Waals surface area contributed by atoms with Gasteiger partial charge in [0.2, 0.25) is 0 Å². The van der Waals surface area contributed by atoms with Gasteiger partial charge in [0.15, 0.2) is 0 Å². The molecule has 68 valence electrons. The number of aryl methyl sites for hydroxylation is 1. The van der Waals surface area contributed by atoms with E-state index in [9.17, 15) is 0 Å². The molecule has 2 N–H and O–H groups in total. The average molecular weight is 240 g/mol. The SMILES string of the molecule is Cc1nc2cccc(Br)n2c1CN. The summed E-state index contributed by atoms with van der Waals surface area (Å²) in [5.74, 6) is 0. The third kappa shape index (κ3) is 1.26. The highest BCUT2D eigenvalue weighted by molar-refractivity contribution is 9.10. The molecule has 2 rings (SSSR count). The molecule has 0 unspecified atom stereocenters. The van der Waals surface area contributed by atoms with E-state index in [0.29, 0.717) is 6.54 Å². The maximum atomic E-state index is 5.65. The highest BCUT2D eigenvalue weighted by atomic mass is 79.9. The van der Waals surface area contributed by atoms with Crippen LogP contribution >= 0.6 is 15.9 Å². The van der Waals surface area contributed by atoms with Gasteiger partial charge in [-0.25, -0.2) is 4.98 Å². The van der Waals surface area contributed by atoms with E-state index in [-0.39, 0.29) is 0 Å². The summed E-state index contributed by atoms with van der Waals surface area (Å²) in [7, 11) is 0. The molecule has 4 heteroatoms. The number of rotatable bonds is 1. The smallest absolute Gasteiger partial charge is 0.138 e. The molecule has 0 saturated carbocycles. The number of pyridine rings is 1. The van der Waals surface area contributed by atoms with Gasteiger partial charge in [0, 0.05) is 6.54 Å². The van der Waals surface area contributed by atoms with E-state index in [0.717, 1.165) is 21.6 Å². The van der Waals surface area contributed by atoms with E-state index in [1.54, 1.807) is 0 Å². The molecule has 0 spiro atoms. The van der Waals surface area contributed by atoms with E-state index in [1.807, 2.05) is 29.5 Å². The standard InChI is InChI=1S/C9H10BrN3/c1-6-7(5-11)13-8(10)3-2-4-9(13)12-6/h2-4H,5,11H2,1H3. The van der Waals surface area contributed by atoms with Crippen molar-refractivity contribution in [1.29, 1.82) is 0 Å². The van der Waals surface area contributed by atoms with Crippen molar-refractivity contribution in [2.45, 2.75) is 13.5 Å². The molecule has 3 nitrogen and oxygen atoms in total. The van der Waals surface area contributed by atoms with Crippen LogP contribution in [0, 0.1) is 6.92 Å². The Morgan fingerprint density at radius 3 is 3.00 bits per heavy atom. The van der Waals surface area contributed by atoms with Crippen LogP contribution in [-0.4, -0.2) is 9.38 Å². The van der Waals surface area contributed by atoms with Crippen molar-refractivity contribution in [3.05, 3.63) is 34.2 Å². The molecular weight excluding hydrogens is 230 g/mol. The van der Waals surface area contributed by atoms with Crippen molar-refractivity contribution < 1.29 is 0 Å². The van der Waals surface area contributed by atoms with Crippen molar-refractivity contribution in [3.63, 3.8) is 0 Å². The lowest BCUT2D eigenvalue weighted by atomic mass is 10.3. The maximum absolute atomic E-state index is 5.65. The minimum absolute atomic E-state index is 0.510. The van der Waals surface area contributed by atoms with Crippen LogP contribution in [0.4, 0.5) is 0 Å². The molecule has 2 aromatic rings. The molecule has 2 heterocycles. The Morgan fingerprint density at radius 1 is 1.54 bits per heavy atom. The van der Waals surface area contributed by atoms with Crippen LogP contribution in [0.2, 0.25) is 0 Å². The Kier molecular flexibility index (Phi) is 2.09. The molecule has 0 amide bonds. The first-order chi connectivity index (χ1) is 6.24. The van der Waals surface area contributed by atoms with Crippen molar-refractivity contribution in [1.82, 2.24) is 9.38 Å². The number of aromatic nitrogens is 2. The first kappa shape index (κ1) is 8.72. The molecule has 0 aliphatic carbocycles. The molecule has 0 aliphatic heterocycles. The summed E-state index contributed by atoms with van der Waals surface area (Å²) in [4.78, 5) is 4.40. The Morgan fingerprint density at radius 2 is 2.31 bits per heavy atom. The van der Waals surface area contributed by atoms with Gasteiger partial charge in [-0.05, 0) is 35.0 Å². The molecule has 0 radical (unpaired) electrons. The highest BCUT2D eigenvalue weighted by Crippen LogP contribution is 2.18. The molecule has 0 aromatic carbocycles. The fraction of sp³-hybridized carbons (Fsp3) is 0.222. The monoisotopic (exact) mass is 239 g/mol. The van der Waals surface area contributed by atoms with Crippen LogP contribution in [0.1, 0.15) is 11.4 Å². The van der Waals surface area contributed by atoms with Crippen molar-refractivity contribution in [3.8, 4) is 0 Å². The summed E-state index contributed by atoms with van der Waals surface area (Å²) in [5, 5.41) is 0. The van der Waals surface area contributed by atoms with Crippen LogP contribution < -0.4 is 5.73 Å². The van der Waals surface area contributed by atoms with Gasteiger partial charge in [-0.2, -0.15) is 0 Å². The second kappa shape index (κ2) is 3.12. The average Bonchev–Trinajstić information content (AvgIpc) is 2.42. The van der Waals surface area contributed by atoms with Crippen LogP contribution in [0.25, 0.3) is 5.65 Å². The number of fused-ring (bicyclic) bond motifs is 1. The predicted octanol–water partition coefficient (Wildman–Crippen LogP) is 1.86. The van der Waals surface area contributed by atoms with Gasteiger partial charge >= 0.3 is 0 Å². The molecular formula is C9H10BrN3. The van der Waals surface area contributed by atoms with Gasteiger partial charge in [0.1, 0.15) is 5.65 Å². The van der Waals surface area contributed by atoms with Crippen LogP contribution in [0.3, 0.4) is 0 Å². The Labute approximate surface area is 84.7 Å². The zero-order valence-corrected chi connectivity index (χ0v) is 8.87. The minimum atomic E-state index is 0.510. The van der Waals surface area contributed by atoms with Gasteiger partial charge < -0.3 is 5.73 Å². The number of nitrogens with zero attached hydrogens (tertiary/aromatic N) is 2. The lowest BCUT2D eigenvalue weighted by molar-refractivity contribution is 0.931. The number of halogens is 1. The topological polar surface area (TPSA) is 43.3 Å². The summed E-state index contributed by atoms with van der Waals surface area (Å²) in [5.41, 5.74) is 8.64. The molecule has 13 heavy (non-hydrogen) atoms. The first-order valence-corrected chi connectivity index (χ1v) is 4.86. The second-order valence-electron chi connectivity index (χ2n) is 2.89.